The van der Waals surface area contributed by atoms with Crippen molar-refractivity contribution in [3.8, 4) is 0 Å². The zero-order valence-electron chi connectivity index (χ0n) is 6.99. The SMILES string of the molecule is CCc1cccc(CS(=O)O)c1. The van der Waals surface area contributed by atoms with Crippen LogP contribution in [-0.4, -0.2) is 8.76 Å². The summed E-state index contributed by atoms with van der Waals surface area (Å²) in [5.41, 5.74) is 2.13. The van der Waals surface area contributed by atoms with Gasteiger partial charge in [0.05, 0.1) is 5.75 Å². The van der Waals surface area contributed by atoms with Crippen LogP contribution in [0.25, 0.3) is 0 Å². The highest BCUT2D eigenvalue weighted by Gasteiger charge is 1.97. The van der Waals surface area contributed by atoms with Gasteiger partial charge >= 0.3 is 0 Å². The molecule has 1 aromatic carbocycles. The molecule has 0 aliphatic rings. The number of benzene rings is 1. The van der Waals surface area contributed by atoms with E-state index in [1.165, 1.54) is 5.56 Å². The number of rotatable bonds is 3. The predicted molar refractivity (Wildman–Crippen MR) is 50.3 cm³/mol. The second-order valence-corrected chi connectivity index (χ2v) is 3.57. The Kier molecular flexibility index (Phi) is 3.44. The average Bonchev–Trinajstić information content (AvgIpc) is 2.03. The molecule has 2 nitrogen and oxygen atoms in total. The predicted octanol–water partition coefficient (Wildman–Crippen LogP) is 1.97. The van der Waals surface area contributed by atoms with Crippen molar-refractivity contribution >= 4 is 11.1 Å². The molecule has 0 fully saturated rings. The minimum absolute atomic E-state index is 0.230. The van der Waals surface area contributed by atoms with E-state index in [4.69, 9.17) is 4.55 Å². The highest BCUT2D eigenvalue weighted by atomic mass is 32.2. The molecule has 1 aromatic rings. The highest BCUT2D eigenvalue weighted by Crippen LogP contribution is 2.07. The molecule has 1 N–H and O–H groups in total. The largest absolute Gasteiger partial charge is 0.306 e. The van der Waals surface area contributed by atoms with Gasteiger partial charge in [0.25, 0.3) is 0 Å². The molecule has 0 aromatic heterocycles. The fraction of sp³-hybridized carbons (Fsp3) is 0.333. The first-order valence-electron chi connectivity index (χ1n) is 3.87. The van der Waals surface area contributed by atoms with Gasteiger partial charge in [-0.05, 0) is 17.5 Å². The number of hydrogen-bond acceptors (Lipinski definition) is 1. The van der Waals surface area contributed by atoms with Crippen molar-refractivity contribution in [1.82, 2.24) is 0 Å². The van der Waals surface area contributed by atoms with Gasteiger partial charge < -0.3 is 4.55 Å². The third kappa shape index (κ3) is 2.75. The summed E-state index contributed by atoms with van der Waals surface area (Å²) in [7, 11) is 0. The molecule has 0 heterocycles. The Morgan fingerprint density at radius 2 is 2.08 bits per heavy atom. The fourth-order valence-electron chi connectivity index (χ4n) is 1.08. The quantitative estimate of drug-likeness (QED) is 0.729. The topological polar surface area (TPSA) is 37.3 Å². The van der Waals surface area contributed by atoms with Crippen LogP contribution in [0, 0.1) is 0 Å². The molecular weight excluding hydrogens is 172 g/mol. The third-order valence-electron chi connectivity index (χ3n) is 1.69. The van der Waals surface area contributed by atoms with Crippen molar-refractivity contribution in [2.24, 2.45) is 0 Å². The van der Waals surface area contributed by atoms with Gasteiger partial charge in [-0.1, -0.05) is 31.2 Å². The van der Waals surface area contributed by atoms with Crippen LogP contribution in [-0.2, 0) is 23.3 Å². The highest BCUT2D eigenvalue weighted by molar-refractivity contribution is 7.78. The summed E-state index contributed by atoms with van der Waals surface area (Å²) in [4.78, 5) is 0. The summed E-state index contributed by atoms with van der Waals surface area (Å²) >= 11 is -1.73. The number of aryl methyl sites for hydroxylation is 1. The van der Waals surface area contributed by atoms with Gasteiger partial charge in [0.2, 0.25) is 0 Å². The summed E-state index contributed by atoms with van der Waals surface area (Å²) in [6, 6.07) is 7.77. The monoisotopic (exact) mass is 184 g/mol. The summed E-state index contributed by atoms with van der Waals surface area (Å²) in [5, 5.41) is 0. The molecule has 0 saturated carbocycles. The Hall–Kier alpha value is -0.670. The second kappa shape index (κ2) is 4.38. The Bertz CT molecular complexity index is 284. The van der Waals surface area contributed by atoms with E-state index in [0.29, 0.717) is 0 Å². The van der Waals surface area contributed by atoms with Crippen LogP contribution in [0.5, 0.6) is 0 Å². The molecule has 12 heavy (non-hydrogen) atoms. The molecule has 1 rings (SSSR count). The lowest BCUT2D eigenvalue weighted by molar-refractivity contribution is 0.563. The molecule has 1 atom stereocenters. The molecule has 3 heteroatoms. The van der Waals surface area contributed by atoms with Gasteiger partial charge in [0.15, 0.2) is 11.1 Å². The lowest BCUT2D eigenvalue weighted by Gasteiger charge is -1.99. The molecule has 0 amide bonds. The maximum atomic E-state index is 10.5. The first kappa shape index (κ1) is 9.42. The van der Waals surface area contributed by atoms with Gasteiger partial charge in [-0.15, -0.1) is 0 Å². The van der Waals surface area contributed by atoms with Crippen LogP contribution in [0.3, 0.4) is 0 Å². The van der Waals surface area contributed by atoms with Crippen molar-refractivity contribution in [3.05, 3.63) is 35.4 Å². The van der Waals surface area contributed by atoms with Gasteiger partial charge in [0.1, 0.15) is 0 Å². The number of hydrogen-bond donors (Lipinski definition) is 1. The smallest absolute Gasteiger partial charge is 0.157 e. The minimum atomic E-state index is -1.73. The Morgan fingerprint density at radius 3 is 2.67 bits per heavy atom. The standard InChI is InChI=1S/C9H12O2S/c1-2-8-4-3-5-9(6-8)7-12(10)11/h3-6H,2,7H2,1H3,(H,10,11). The molecule has 0 spiro atoms. The van der Waals surface area contributed by atoms with Crippen LogP contribution in [0.4, 0.5) is 0 Å². The molecule has 0 saturated heterocycles. The van der Waals surface area contributed by atoms with E-state index in [9.17, 15) is 4.21 Å². The Labute approximate surface area is 74.9 Å². The van der Waals surface area contributed by atoms with E-state index in [2.05, 4.69) is 6.92 Å². The van der Waals surface area contributed by atoms with E-state index >= 15 is 0 Å². The average molecular weight is 184 g/mol. The van der Waals surface area contributed by atoms with E-state index in [0.717, 1.165) is 12.0 Å². The first-order valence-corrected chi connectivity index (χ1v) is 5.15. The molecule has 0 aliphatic carbocycles. The molecule has 0 radical (unpaired) electrons. The van der Waals surface area contributed by atoms with E-state index in [1.54, 1.807) is 0 Å². The van der Waals surface area contributed by atoms with Crippen molar-refractivity contribution < 1.29 is 8.76 Å². The summed E-state index contributed by atoms with van der Waals surface area (Å²) in [5.74, 6) is 0.230. The van der Waals surface area contributed by atoms with Crippen LogP contribution < -0.4 is 0 Å². The van der Waals surface area contributed by atoms with Crippen molar-refractivity contribution in [1.29, 1.82) is 0 Å². The maximum Gasteiger partial charge on any atom is 0.157 e. The van der Waals surface area contributed by atoms with Gasteiger partial charge in [-0.25, -0.2) is 4.21 Å². The first-order chi connectivity index (χ1) is 5.72. The van der Waals surface area contributed by atoms with Gasteiger partial charge in [0, 0.05) is 0 Å². The molecule has 66 valence electrons. The van der Waals surface area contributed by atoms with Crippen LogP contribution in [0.2, 0.25) is 0 Å². The minimum Gasteiger partial charge on any atom is -0.306 e. The maximum absolute atomic E-state index is 10.5. The second-order valence-electron chi connectivity index (χ2n) is 2.64. The summed E-state index contributed by atoms with van der Waals surface area (Å²) in [6.07, 6.45) is 0.964. The third-order valence-corrected chi connectivity index (χ3v) is 2.27. The zero-order valence-corrected chi connectivity index (χ0v) is 7.80. The lowest BCUT2D eigenvalue weighted by Crippen LogP contribution is -1.93. The van der Waals surface area contributed by atoms with Crippen molar-refractivity contribution in [3.63, 3.8) is 0 Å². The summed E-state index contributed by atoms with van der Waals surface area (Å²) < 4.78 is 19.1. The normalized spacial score (nSPS) is 12.8. The summed E-state index contributed by atoms with van der Waals surface area (Å²) in [6.45, 7) is 2.06. The molecule has 0 aliphatic heterocycles. The van der Waals surface area contributed by atoms with E-state index in [1.807, 2.05) is 24.3 Å². The van der Waals surface area contributed by atoms with Crippen LogP contribution >= 0.6 is 0 Å². The van der Waals surface area contributed by atoms with Gasteiger partial charge in [-0.2, -0.15) is 0 Å². The van der Waals surface area contributed by atoms with Crippen LogP contribution in [0.1, 0.15) is 18.1 Å². The molecular formula is C9H12O2S. The van der Waals surface area contributed by atoms with Crippen molar-refractivity contribution in [2.75, 3.05) is 0 Å². The Morgan fingerprint density at radius 1 is 1.42 bits per heavy atom. The van der Waals surface area contributed by atoms with Crippen LogP contribution in [0.15, 0.2) is 24.3 Å². The van der Waals surface area contributed by atoms with Gasteiger partial charge in [-0.3, -0.25) is 0 Å². The van der Waals surface area contributed by atoms with Crippen molar-refractivity contribution in [2.45, 2.75) is 19.1 Å². The fourth-order valence-corrected chi connectivity index (χ4v) is 1.55. The Balaban J connectivity index is 2.79. The van der Waals surface area contributed by atoms with E-state index in [-0.39, 0.29) is 5.75 Å². The lowest BCUT2D eigenvalue weighted by atomic mass is 10.1. The molecule has 1 unspecified atom stereocenters. The van der Waals surface area contributed by atoms with E-state index < -0.39 is 11.1 Å². The zero-order chi connectivity index (χ0) is 8.97. The molecule has 0 bridgehead atoms.